The van der Waals surface area contributed by atoms with Gasteiger partial charge in [-0.05, 0) is 24.5 Å². The van der Waals surface area contributed by atoms with E-state index < -0.39 is 0 Å². The van der Waals surface area contributed by atoms with Gasteiger partial charge in [0.15, 0.2) is 5.96 Å². The van der Waals surface area contributed by atoms with Gasteiger partial charge < -0.3 is 10.6 Å². The molecule has 2 rings (SSSR count). The van der Waals surface area contributed by atoms with E-state index in [4.69, 9.17) is 0 Å². The van der Waals surface area contributed by atoms with Gasteiger partial charge in [0.25, 0.3) is 0 Å². The van der Waals surface area contributed by atoms with Gasteiger partial charge in [0.1, 0.15) is 0 Å². The molecule has 2 N–H and O–H groups in total. The van der Waals surface area contributed by atoms with Crippen LogP contribution in [0.15, 0.2) is 29.4 Å². The second kappa shape index (κ2) is 6.78. The molecule has 4 nitrogen and oxygen atoms in total. The van der Waals surface area contributed by atoms with Crippen LogP contribution in [0.2, 0.25) is 0 Å². The quantitative estimate of drug-likeness (QED) is 0.498. The molecule has 5 heteroatoms. The zero-order valence-corrected chi connectivity index (χ0v) is 12.5. The van der Waals surface area contributed by atoms with Crippen molar-refractivity contribution < 1.29 is 0 Å². The van der Waals surface area contributed by atoms with E-state index in [9.17, 15) is 0 Å². The lowest BCUT2D eigenvalue weighted by Crippen LogP contribution is -2.38. The minimum Gasteiger partial charge on any atom is -0.353 e. The highest BCUT2D eigenvalue weighted by Gasteiger charge is 2.33. The van der Waals surface area contributed by atoms with Gasteiger partial charge in [0, 0.05) is 19.3 Å². The molecule has 0 saturated heterocycles. The lowest BCUT2D eigenvalue weighted by molar-refractivity contribution is 0.756. The van der Waals surface area contributed by atoms with Gasteiger partial charge in [0.05, 0.1) is 12.2 Å². The third kappa shape index (κ3) is 4.49. The van der Waals surface area contributed by atoms with Crippen LogP contribution in [-0.4, -0.2) is 24.0 Å². The third-order valence-corrected chi connectivity index (χ3v) is 2.82. The van der Waals surface area contributed by atoms with Crippen LogP contribution in [0.4, 0.5) is 0 Å². The van der Waals surface area contributed by atoms with Gasteiger partial charge in [-0.15, -0.1) is 24.0 Å². The molecular weight excluding hydrogens is 327 g/mol. The summed E-state index contributed by atoms with van der Waals surface area (Å²) in [7, 11) is 1.79. The predicted molar refractivity (Wildman–Crippen MR) is 80.6 cm³/mol. The first-order chi connectivity index (χ1) is 7.79. The largest absolute Gasteiger partial charge is 0.353 e. The van der Waals surface area contributed by atoms with Crippen molar-refractivity contribution in [3.8, 4) is 0 Å². The third-order valence-electron chi connectivity index (χ3n) is 2.82. The Bertz CT molecular complexity index is 366. The van der Waals surface area contributed by atoms with Crippen molar-refractivity contribution in [1.82, 2.24) is 15.6 Å². The summed E-state index contributed by atoms with van der Waals surface area (Å²) in [6.07, 6.45) is 3.04. The van der Waals surface area contributed by atoms with Gasteiger partial charge in [-0.3, -0.25) is 9.98 Å². The van der Waals surface area contributed by atoms with Crippen LogP contribution < -0.4 is 10.6 Å². The fraction of sp³-hybridized carbons (Fsp3) is 0.500. The standard InChI is InChI=1S/C12H18N4.HI/c1-9-7-11(9)16-12(13-2)15-8-10-5-3-4-6-14-10;/h3-6,9,11H,7-8H2,1-2H3,(H2,13,15,16);1H. The number of guanidine groups is 1. The van der Waals surface area contributed by atoms with E-state index in [1.54, 1.807) is 13.2 Å². The molecule has 0 bridgehead atoms. The second-order valence-corrected chi connectivity index (χ2v) is 4.21. The Kier molecular flexibility index (Phi) is 5.67. The molecule has 0 spiro atoms. The zero-order valence-electron chi connectivity index (χ0n) is 10.2. The molecule has 0 aliphatic heterocycles. The Hall–Kier alpha value is -0.850. The normalized spacial score (nSPS) is 22.6. The fourth-order valence-corrected chi connectivity index (χ4v) is 1.57. The monoisotopic (exact) mass is 346 g/mol. The van der Waals surface area contributed by atoms with Crippen molar-refractivity contribution >= 4 is 29.9 Å². The summed E-state index contributed by atoms with van der Waals surface area (Å²) >= 11 is 0. The highest BCUT2D eigenvalue weighted by molar-refractivity contribution is 14.0. The van der Waals surface area contributed by atoms with Crippen LogP contribution in [0, 0.1) is 5.92 Å². The molecule has 0 amide bonds. The molecule has 94 valence electrons. The van der Waals surface area contributed by atoms with Gasteiger partial charge >= 0.3 is 0 Å². The topological polar surface area (TPSA) is 49.3 Å². The number of aromatic nitrogens is 1. The number of halogens is 1. The molecule has 2 unspecified atom stereocenters. The van der Waals surface area contributed by atoms with Crippen LogP contribution in [0.1, 0.15) is 19.0 Å². The predicted octanol–water partition coefficient (Wildman–Crippen LogP) is 1.77. The fourth-order valence-electron chi connectivity index (χ4n) is 1.57. The Morgan fingerprint density at radius 2 is 2.29 bits per heavy atom. The summed E-state index contributed by atoms with van der Waals surface area (Å²) in [5.41, 5.74) is 1.02. The summed E-state index contributed by atoms with van der Waals surface area (Å²) in [5.74, 6) is 1.63. The lowest BCUT2D eigenvalue weighted by atomic mass is 10.3. The molecule has 1 fully saturated rings. The summed E-state index contributed by atoms with van der Waals surface area (Å²) < 4.78 is 0. The van der Waals surface area contributed by atoms with Crippen molar-refractivity contribution in [3.05, 3.63) is 30.1 Å². The van der Waals surface area contributed by atoms with Gasteiger partial charge in [-0.2, -0.15) is 0 Å². The van der Waals surface area contributed by atoms with Crippen LogP contribution in [0.5, 0.6) is 0 Å². The summed E-state index contributed by atoms with van der Waals surface area (Å²) in [6.45, 7) is 2.95. The van der Waals surface area contributed by atoms with Gasteiger partial charge in [-0.1, -0.05) is 13.0 Å². The van der Waals surface area contributed by atoms with E-state index in [0.29, 0.717) is 12.6 Å². The minimum absolute atomic E-state index is 0. The number of pyridine rings is 1. The van der Waals surface area contributed by atoms with E-state index in [2.05, 4.69) is 27.5 Å². The molecule has 0 aromatic carbocycles. The van der Waals surface area contributed by atoms with Crippen molar-refractivity contribution in [2.24, 2.45) is 10.9 Å². The van der Waals surface area contributed by atoms with Crippen LogP contribution in [0.3, 0.4) is 0 Å². The van der Waals surface area contributed by atoms with E-state index in [-0.39, 0.29) is 24.0 Å². The highest BCUT2D eigenvalue weighted by Crippen LogP contribution is 2.28. The van der Waals surface area contributed by atoms with Crippen LogP contribution in [0.25, 0.3) is 0 Å². The molecule has 1 aliphatic rings. The van der Waals surface area contributed by atoms with Crippen LogP contribution in [-0.2, 0) is 6.54 Å². The Morgan fingerprint density at radius 1 is 1.53 bits per heavy atom. The Labute approximate surface area is 119 Å². The summed E-state index contributed by atoms with van der Waals surface area (Å²) in [5, 5.41) is 6.63. The number of aliphatic imine (C=N–C) groups is 1. The van der Waals surface area contributed by atoms with Crippen molar-refractivity contribution in [2.75, 3.05) is 7.05 Å². The second-order valence-electron chi connectivity index (χ2n) is 4.21. The van der Waals surface area contributed by atoms with E-state index in [0.717, 1.165) is 17.6 Å². The summed E-state index contributed by atoms with van der Waals surface area (Å²) in [6, 6.07) is 6.50. The number of hydrogen-bond acceptors (Lipinski definition) is 2. The molecule has 1 aromatic heterocycles. The maximum atomic E-state index is 4.25. The first kappa shape index (κ1) is 14.2. The first-order valence-electron chi connectivity index (χ1n) is 5.66. The smallest absolute Gasteiger partial charge is 0.191 e. The van der Waals surface area contributed by atoms with Gasteiger partial charge in [-0.25, -0.2) is 0 Å². The minimum atomic E-state index is 0. The van der Waals surface area contributed by atoms with Crippen molar-refractivity contribution in [2.45, 2.75) is 25.9 Å². The number of hydrogen-bond donors (Lipinski definition) is 2. The van der Waals surface area contributed by atoms with Crippen molar-refractivity contribution in [3.63, 3.8) is 0 Å². The highest BCUT2D eigenvalue weighted by atomic mass is 127. The molecule has 2 atom stereocenters. The van der Waals surface area contributed by atoms with E-state index >= 15 is 0 Å². The maximum absolute atomic E-state index is 4.25. The molecule has 1 saturated carbocycles. The SMILES string of the molecule is CN=C(NCc1ccccn1)NC1CC1C.I. The van der Waals surface area contributed by atoms with Gasteiger partial charge in [0.2, 0.25) is 0 Å². The van der Waals surface area contributed by atoms with Crippen molar-refractivity contribution in [1.29, 1.82) is 0 Å². The Morgan fingerprint density at radius 3 is 2.82 bits per heavy atom. The number of rotatable bonds is 3. The number of nitrogens with zero attached hydrogens (tertiary/aromatic N) is 2. The Balaban J connectivity index is 0.00000144. The molecule has 17 heavy (non-hydrogen) atoms. The zero-order chi connectivity index (χ0) is 11.4. The summed E-state index contributed by atoms with van der Waals surface area (Å²) in [4.78, 5) is 8.43. The molecular formula is C12H19IN4. The lowest BCUT2D eigenvalue weighted by Gasteiger charge is -2.10. The molecule has 1 heterocycles. The molecule has 1 aromatic rings. The molecule has 1 aliphatic carbocycles. The number of nitrogens with one attached hydrogen (secondary N) is 2. The molecule has 0 radical (unpaired) electrons. The van der Waals surface area contributed by atoms with E-state index in [1.165, 1.54) is 6.42 Å². The average molecular weight is 346 g/mol. The van der Waals surface area contributed by atoms with E-state index in [1.807, 2.05) is 18.2 Å². The average Bonchev–Trinajstić information content (AvgIpc) is 3.01. The first-order valence-corrected chi connectivity index (χ1v) is 5.66. The maximum Gasteiger partial charge on any atom is 0.191 e. The van der Waals surface area contributed by atoms with Crippen LogP contribution >= 0.6 is 24.0 Å².